The number of esters is 1. The smallest absolute Gasteiger partial charge is 0.347 e. The van der Waals surface area contributed by atoms with Gasteiger partial charge in [-0.05, 0) is 30.7 Å². The van der Waals surface area contributed by atoms with Gasteiger partial charge in [0.2, 0.25) is 11.7 Å². The molecule has 0 amide bonds. The average Bonchev–Trinajstić information content (AvgIpc) is 2.82. The zero-order valence-electron chi connectivity index (χ0n) is 11.6. The van der Waals surface area contributed by atoms with Gasteiger partial charge < -0.3 is 14.8 Å². The number of carbonyl (C=O) groups excluding carboxylic acids is 2. The Bertz CT molecular complexity index is 566. The third-order valence-corrected chi connectivity index (χ3v) is 2.89. The lowest BCUT2D eigenvalue weighted by Gasteiger charge is -2.09. The molecule has 21 heavy (non-hydrogen) atoms. The number of benzene rings is 1. The van der Waals surface area contributed by atoms with Gasteiger partial charge in [0.1, 0.15) is 5.82 Å². The van der Waals surface area contributed by atoms with Crippen LogP contribution in [0.5, 0.6) is 0 Å². The molecular formula is C15H16FNO4. The van der Waals surface area contributed by atoms with Gasteiger partial charge in [0.25, 0.3) is 0 Å². The molecule has 1 N–H and O–H groups in total. The minimum Gasteiger partial charge on any atom is -0.470 e. The topological polar surface area (TPSA) is 64.6 Å². The van der Waals surface area contributed by atoms with Gasteiger partial charge in [-0.15, -0.1) is 0 Å². The number of ketones is 1. The van der Waals surface area contributed by atoms with Crippen molar-refractivity contribution in [2.45, 2.75) is 19.8 Å². The van der Waals surface area contributed by atoms with Crippen LogP contribution >= 0.6 is 0 Å². The first-order valence-electron chi connectivity index (χ1n) is 6.71. The second kappa shape index (κ2) is 6.88. The zero-order chi connectivity index (χ0) is 15.2. The van der Waals surface area contributed by atoms with Crippen LogP contribution in [0.15, 0.2) is 35.7 Å². The molecule has 0 aromatic heterocycles. The monoisotopic (exact) mass is 293 g/mol. The summed E-state index contributed by atoms with van der Waals surface area (Å²) in [6, 6.07) is 5.49. The fourth-order valence-corrected chi connectivity index (χ4v) is 1.76. The molecule has 0 unspecified atom stereocenters. The molecule has 1 aliphatic rings. The molecule has 0 bridgehead atoms. The van der Waals surface area contributed by atoms with Crippen molar-refractivity contribution in [3.8, 4) is 0 Å². The SMILES string of the molecule is CCCCOC(=O)C1=C(Nc2ccc(F)cc2)OCC1=O. The number of Topliss-reactive ketones (excluding diaryl/α,β-unsaturated/α-hetero) is 1. The summed E-state index contributed by atoms with van der Waals surface area (Å²) in [4.78, 5) is 23.6. The quantitative estimate of drug-likeness (QED) is 0.495. The van der Waals surface area contributed by atoms with Gasteiger partial charge in [-0.25, -0.2) is 9.18 Å². The number of hydrogen-bond acceptors (Lipinski definition) is 5. The molecule has 0 spiro atoms. The summed E-state index contributed by atoms with van der Waals surface area (Å²) >= 11 is 0. The highest BCUT2D eigenvalue weighted by Gasteiger charge is 2.32. The predicted octanol–water partition coefficient (Wildman–Crippen LogP) is 2.39. The van der Waals surface area contributed by atoms with E-state index in [0.29, 0.717) is 5.69 Å². The van der Waals surface area contributed by atoms with Crippen LogP contribution in [0.3, 0.4) is 0 Å². The van der Waals surface area contributed by atoms with Crippen LogP contribution in [0.4, 0.5) is 10.1 Å². The summed E-state index contributed by atoms with van der Waals surface area (Å²) in [5.41, 5.74) is 0.385. The first kappa shape index (κ1) is 15.0. The number of ether oxygens (including phenoxy) is 2. The molecule has 0 fully saturated rings. The summed E-state index contributed by atoms with van der Waals surface area (Å²) in [6.45, 7) is 2.02. The van der Waals surface area contributed by atoms with Gasteiger partial charge in [0, 0.05) is 5.69 Å². The van der Waals surface area contributed by atoms with E-state index >= 15 is 0 Å². The second-order valence-electron chi connectivity index (χ2n) is 4.54. The molecule has 1 aromatic rings. The summed E-state index contributed by atoms with van der Waals surface area (Å²) in [7, 11) is 0. The number of unbranched alkanes of at least 4 members (excludes halogenated alkanes) is 1. The molecule has 0 aliphatic carbocycles. The second-order valence-corrected chi connectivity index (χ2v) is 4.54. The van der Waals surface area contributed by atoms with Crippen LogP contribution < -0.4 is 5.32 Å². The molecule has 0 saturated heterocycles. The maximum atomic E-state index is 12.8. The van der Waals surface area contributed by atoms with Crippen molar-refractivity contribution in [1.82, 2.24) is 0 Å². The number of carbonyl (C=O) groups is 2. The number of nitrogens with one attached hydrogen (secondary N) is 1. The Balaban J connectivity index is 2.11. The minimum absolute atomic E-state index is 0.0492. The van der Waals surface area contributed by atoms with E-state index in [4.69, 9.17) is 9.47 Å². The molecule has 6 heteroatoms. The Labute approximate surface area is 121 Å². The molecule has 0 atom stereocenters. The summed E-state index contributed by atoms with van der Waals surface area (Å²) in [6.07, 6.45) is 1.62. The standard InChI is InChI=1S/C15H16FNO4/c1-2-3-8-20-15(19)13-12(18)9-21-14(13)17-11-6-4-10(16)5-7-11/h4-7,17H,2-3,8-9H2,1H3. The first-order valence-corrected chi connectivity index (χ1v) is 6.71. The lowest BCUT2D eigenvalue weighted by Crippen LogP contribution is -2.17. The van der Waals surface area contributed by atoms with Crippen molar-refractivity contribution in [2.24, 2.45) is 0 Å². The molecule has 1 aliphatic heterocycles. The van der Waals surface area contributed by atoms with E-state index in [1.54, 1.807) is 0 Å². The summed E-state index contributed by atoms with van der Waals surface area (Å²) in [5.74, 6) is -1.46. The van der Waals surface area contributed by atoms with Gasteiger partial charge in [-0.2, -0.15) is 0 Å². The normalized spacial score (nSPS) is 14.1. The zero-order valence-corrected chi connectivity index (χ0v) is 11.6. The summed E-state index contributed by atoms with van der Waals surface area (Å²) < 4.78 is 23.0. The third kappa shape index (κ3) is 3.81. The maximum Gasteiger partial charge on any atom is 0.347 e. The van der Waals surface area contributed by atoms with Crippen LogP contribution in [0, 0.1) is 5.82 Å². The van der Waals surface area contributed by atoms with E-state index in [9.17, 15) is 14.0 Å². The van der Waals surface area contributed by atoms with Crippen LogP contribution in [0.25, 0.3) is 0 Å². The van der Waals surface area contributed by atoms with Crippen molar-refractivity contribution in [3.05, 3.63) is 41.5 Å². The van der Waals surface area contributed by atoms with Crippen molar-refractivity contribution >= 4 is 17.4 Å². The minimum atomic E-state index is -0.699. The lowest BCUT2D eigenvalue weighted by atomic mass is 10.2. The number of halogens is 1. The summed E-state index contributed by atoms with van der Waals surface area (Å²) in [5, 5.41) is 2.79. The fourth-order valence-electron chi connectivity index (χ4n) is 1.76. The highest BCUT2D eigenvalue weighted by molar-refractivity contribution is 6.19. The molecular weight excluding hydrogens is 277 g/mol. The van der Waals surface area contributed by atoms with Crippen molar-refractivity contribution in [1.29, 1.82) is 0 Å². The van der Waals surface area contributed by atoms with E-state index < -0.39 is 11.8 Å². The highest BCUT2D eigenvalue weighted by Crippen LogP contribution is 2.21. The van der Waals surface area contributed by atoms with Gasteiger partial charge in [0.15, 0.2) is 12.2 Å². The molecule has 5 nitrogen and oxygen atoms in total. The lowest BCUT2D eigenvalue weighted by molar-refractivity contribution is -0.140. The average molecular weight is 293 g/mol. The van der Waals surface area contributed by atoms with Gasteiger partial charge in [-0.1, -0.05) is 13.3 Å². The van der Waals surface area contributed by atoms with Crippen LogP contribution in [-0.4, -0.2) is 25.0 Å². The van der Waals surface area contributed by atoms with Crippen LogP contribution in [-0.2, 0) is 19.1 Å². The Morgan fingerprint density at radius 3 is 2.76 bits per heavy atom. The molecule has 2 rings (SSSR count). The fraction of sp³-hybridized carbons (Fsp3) is 0.333. The Morgan fingerprint density at radius 2 is 2.10 bits per heavy atom. The van der Waals surface area contributed by atoms with Gasteiger partial charge in [0.05, 0.1) is 6.61 Å². The third-order valence-electron chi connectivity index (χ3n) is 2.89. The van der Waals surface area contributed by atoms with Crippen LogP contribution in [0.1, 0.15) is 19.8 Å². The van der Waals surface area contributed by atoms with E-state index in [0.717, 1.165) is 12.8 Å². The van der Waals surface area contributed by atoms with Crippen molar-refractivity contribution in [3.63, 3.8) is 0 Å². The number of anilines is 1. The molecule has 0 radical (unpaired) electrons. The number of rotatable bonds is 6. The van der Waals surface area contributed by atoms with Crippen LogP contribution in [0.2, 0.25) is 0 Å². The van der Waals surface area contributed by atoms with Gasteiger partial charge in [-0.3, -0.25) is 4.79 Å². The Hall–Kier alpha value is -2.37. The maximum absolute atomic E-state index is 12.8. The van der Waals surface area contributed by atoms with Gasteiger partial charge >= 0.3 is 5.97 Å². The Kier molecular flexibility index (Phi) is 4.92. The largest absolute Gasteiger partial charge is 0.470 e. The first-order chi connectivity index (χ1) is 10.1. The molecule has 112 valence electrons. The van der Waals surface area contributed by atoms with Crippen molar-refractivity contribution in [2.75, 3.05) is 18.5 Å². The van der Waals surface area contributed by atoms with E-state index in [1.165, 1.54) is 24.3 Å². The predicted molar refractivity (Wildman–Crippen MR) is 73.9 cm³/mol. The van der Waals surface area contributed by atoms with Crippen molar-refractivity contribution < 1.29 is 23.5 Å². The number of hydrogen-bond donors (Lipinski definition) is 1. The van der Waals surface area contributed by atoms with E-state index in [2.05, 4.69) is 5.32 Å². The Morgan fingerprint density at radius 1 is 1.38 bits per heavy atom. The molecule has 1 heterocycles. The highest BCUT2D eigenvalue weighted by atomic mass is 19.1. The molecule has 0 saturated carbocycles. The molecule has 1 aromatic carbocycles. The van der Waals surface area contributed by atoms with E-state index in [-0.39, 0.29) is 30.5 Å². The van der Waals surface area contributed by atoms with E-state index in [1.807, 2.05) is 6.92 Å².